The van der Waals surface area contributed by atoms with Gasteiger partial charge in [-0.1, -0.05) is 29.8 Å². The average Bonchev–Trinajstić information content (AvgIpc) is 3.16. The Balaban J connectivity index is 1.65. The maximum Gasteiger partial charge on any atom is 0.254 e. The molecule has 2 aromatic carbocycles. The van der Waals surface area contributed by atoms with Gasteiger partial charge in [-0.3, -0.25) is 9.59 Å². The minimum atomic E-state index is -0.444. The fraction of sp³-hybridized carbons (Fsp3) is 0.300. The van der Waals surface area contributed by atoms with Gasteiger partial charge in [-0.15, -0.1) is 0 Å². The van der Waals surface area contributed by atoms with Crippen molar-refractivity contribution in [2.45, 2.75) is 25.4 Å². The van der Waals surface area contributed by atoms with Gasteiger partial charge in [0, 0.05) is 23.7 Å². The first-order valence-electron chi connectivity index (χ1n) is 8.55. The van der Waals surface area contributed by atoms with E-state index in [1.54, 1.807) is 48.4 Å². The number of nitrogens with zero attached hydrogens (tertiary/aromatic N) is 1. The van der Waals surface area contributed by atoms with Gasteiger partial charge in [0.2, 0.25) is 5.91 Å². The lowest BCUT2D eigenvalue weighted by Gasteiger charge is -2.24. The van der Waals surface area contributed by atoms with Crippen LogP contribution in [0, 0.1) is 0 Å². The highest BCUT2D eigenvalue weighted by Crippen LogP contribution is 2.22. The monoisotopic (exact) mass is 372 g/mol. The van der Waals surface area contributed by atoms with E-state index in [1.807, 2.05) is 12.1 Å². The molecule has 26 heavy (non-hydrogen) atoms. The van der Waals surface area contributed by atoms with Crippen molar-refractivity contribution < 1.29 is 14.3 Å². The molecule has 1 heterocycles. The van der Waals surface area contributed by atoms with Crippen LogP contribution in [0.5, 0.6) is 5.75 Å². The van der Waals surface area contributed by atoms with Crippen molar-refractivity contribution in [1.82, 2.24) is 10.2 Å². The molecule has 1 aliphatic rings. The predicted molar refractivity (Wildman–Crippen MR) is 100 cm³/mol. The van der Waals surface area contributed by atoms with Crippen LogP contribution in [0.2, 0.25) is 5.02 Å². The molecule has 1 N–H and O–H groups in total. The molecule has 1 atom stereocenters. The van der Waals surface area contributed by atoms with Gasteiger partial charge >= 0.3 is 0 Å². The lowest BCUT2D eigenvalue weighted by atomic mass is 10.1. The highest BCUT2D eigenvalue weighted by atomic mass is 35.5. The number of hydrogen-bond donors (Lipinski definition) is 1. The zero-order valence-corrected chi connectivity index (χ0v) is 15.3. The lowest BCUT2D eigenvalue weighted by Crippen LogP contribution is -2.45. The number of carbonyl (C=O) groups excluding carboxylic acids is 2. The molecule has 0 saturated carbocycles. The Kier molecular flexibility index (Phi) is 5.78. The summed E-state index contributed by atoms with van der Waals surface area (Å²) in [5.41, 5.74) is 1.49. The van der Waals surface area contributed by atoms with E-state index < -0.39 is 6.04 Å². The van der Waals surface area contributed by atoms with Crippen LogP contribution < -0.4 is 10.1 Å². The number of amides is 2. The summed E-state index contributed by atoms with van der Waals surface area (Å²) < 4.78 is 5.18. The van der Waals surface area contributed by atoms with Gasteiger partial charge in [0.1, 0.15) is 11.8 Å². The molecule has 2 amide bonds. The van der Waals surface area contributed by atoms with Crippen molar-refractivity contribution in [1.29, 1.82) is 0 Å². The minimum absolute atomic E-state index is 0.131. The molecule has 0 spiro atoms. The Labute approximate surface area is 157 Å². The number of rotatable bonds is 5. The smallest absolute Gasteiger partial charge is 0.254 e. The van der Waals surface area contributed by atoms with Crippen LogP contribution in [-0.4, -0.2) is 36.4 Å². The van der Waals surface area contributed by atoms with Crippen LogP contribution in [0.1, 0.15) is 28.8 Å². The van der Waals surface area contributed by atoms with Gasteiger partial charge in [0.25, 0.3) is 5.91 Å². The van der Waals surface area contributed by atoms with Crippen molar-refractivity contribution in [2.75, 3.05) is 13.7 Å². The maximum absolute atomic E-state index is 12.8. The number of carbonyl (C=O) groups is 2. The van der Waals surface area contributed by atoms with E-state index in [9.17, 15) is 9.59 Å². The molecule has 3 rings (SSSR count). The normalized spacial score (nSPS) is 16.4. The zero-order valence-electron chi connectivity index (χ0n) is 14.6. The summed E-state index contributed by atoms with van der Waals surface area (Å²) in [6.45, 7) is 0.989. The molecular formula is C20H21ClN2O3. The van der Waals surface area contributed by atoms with E-state index in [2.05, 4.69) is 5.32 Å². The minimum Gasteiger partial charge on any atom is -0.497 e. The molecule has 0 radical (unpaired) electrons. The molecule has 0 unspecified atom stereocenters. The van der Waals surface area contributed by atoms with Crippen LogP contribution >= 0.6 is 11.6 Å². The fourth-order valence-electron chi connectivity index (χ4n) is 3.11. The third-order valence-corrected chi connectivity index (χ3v) is 4.76. The van der Waals surface area contributed by atoms with Crippen LogP contribution in [0.4, 0.5) is 0 Å². The van der Waals surface area contributed by atoms with Gasteiger partial charge in [-0.05, 0) is 48.7 Å². The largest absolute Gasteiger partial charge is 0.497 e. The Bertz CT molecular complexity index is 792. The molecule has 136 valence electrons. The first-order chi connectivity index (χ1) is 12.6. The molecule has 1 saturated heterocycles. The molecule has 5 nitrogen and oxygen atoms in total. The second-order valence-corrected chi connectivity index (χ2v) is 6.67. The summed E-state index contributed by atoms with van der Waals surface area (Å²) in [4.78, 5) is 27.1. The number of hydrogen-bond acceptors (Lipinski definition) is 3. The van der Waals surface area contributed by atoms with Crippen molar-refractivity contribution in [3.05, 3.63) is 64.7 Å². The Hall–Kier alpha value is -2.53. The van der Waals surface area contributed by atoms with Crippen molar-refractivity contribution in [3.63, 3.8) is 0 Å². The Morgan fingerprint density at radius 1 is 1.23 bits per heavy atom. The van der Waals surface area contributed by atoms with Crippen LogP contribution in [0.25, 0.3) is 0 Å². The quantitative estimate of drug-likeness (QED) is 0.876. The molecular weight excluding hydrogens is 352 g/mol. The number of ether oxygens (including phenoxy) is 1. The molecule has 0 bridgehead atoms. The Morgan fingerprint density at radius 3 is 2.73 bits per heavy atom. The molecule has 0 aromatic heterocycles. The standard InChI is InChI=1S/C20H21ClN2O3/c1-26-17-5-2-4-15(12-17)20(25)23-11-3-6-18(23)19(24)22-13-14-7-9-16(21)10-8-14/h2,4-5,7-10,12,18H,3,6,11,13H2,1H3,(H,22,24)/t18-/m0/s1. The van der Waals surface area contributed by atoms with Crippen molar-refractivity contribution in [3.8, 4) is 5.75 Å². The van der Waals surface area contributed by atoms with E-state index >= 15 is 0 Å². The number of nitrogens with one attached hydrogen (secondary N) is 1. The van der Waals surface area contributed by atoms with E-state index in [-0.39, 0.29) is 11.8 Å². The van der Waals surface area contributed by atoms with Gasteiger partial charge in [-0.25, -0.2) is 0 Å². The third kappa shape index (κ3) is 4.17. The highest BCUT2D eigenvalue weighted by molar-refractivity contribution is 6.30. The molecule has 6 heteroatoms. The molecule has 1 aliphatic heterocycles. The van der Waals surface area contributed by atoms with Crippen molar-refractivity contribution >= 4 is 23.4 Å². The third-order valence-electron chi connectivity index (χ3n) is 4.51. The average molecular weight is 373 g/mol. The van der Waals surface area contributed by atoms with Gasteiger partial charge in [0.15, 0.2) is 0 Å². The second kappa shape index (κ2) is 8.23. The van der Waals surface area contributed by atoms with Gasteiger partial charge in [-0.2, -0.15) is 0 Å². The fourth-order valence-corrected chi connectivity index (χ4v) is 3.24. The van der Waals surface area contributed by atoms with E-state index in [0.29, 0.717) is 35.8 Å². The van der Waals surface area contributed by atoms with Crippen molar-refractivity contribution in [2.24, 2.45) is 0 Å². The van der Waals surface area contributed by atoms with Crippen LogP contribution in [-0.2, 0) is 11.3 Å². The highest BCUT2D eigenvalue weighted by Gasteiger charge is 2.34. The zero-order chi connectivity index (χ0) is 18.5. The van der Waals surface area contributed by atoms with Crippen LogP contribution in [0.15, 0.2) is 48.5 Å². The summed E-state index contributed by atoms with van der Waals surface area (Å²) in [5.74, 6) is 0.348. The van der Waals surface area contributed by atoms with E-state index in [1.165, 1.54) is 0 Å². The first-order valence-corrected chi connectivity index (χ1v) is 8.93. The topological polar surface area (TPSA) is 58.6 Å². The SMILES string of the molecule is COc1cccc(C(=O)N2CCC[C@H]2C(=O)NCc2ccc(Cl)cc2)c1. The Morgan fingerprint density at radius 2 is 2.00 bits per heavy atom. The molecule has 2 aromatic rings. The van der Waals surface area contributed by atoms with Crippen LogP contribution in [0.3, 0.4) is 0 Å². The van der Waals surface area contributed by atoms with Gasteiger partial charge in [0.05, 0.1) is 7.11 Å². The number of halogens is 1. The number of likely N-dealkylation sites (tertiary alicyclic amines) is 1. The lowest BCUT2D eigenvalue weighted by molar-refractivity contribution is -0.125. The summed E-state index contributed by atoms with van der Waals surface area (Å²) >= 11 is 5.87. The molecule has 0 aliphatic carbocycles. The number of benzene rings is 2. The second-order valence-electron chi connectivity index (χ2n) is 6.23. The number of methoxy groups -OCH3 is 1. The summed E-state index contributed by atoms with van der Waals surface area (Å²) in [5, 5.41) is 3.58. The summed E-state index contributed by atoms with van der Waals surface area (Å²) in [7, 11) is 1.56. The summed E-state index contributed by atoms with van der Waals surface area (Å²) in [6, 6.07) is 13.9. The van der Waals surface area contributed by atoms with E-state index in [4.69, 9.17) is 16.3 Å². The first kappa shape index (κ1) is 18.3. The van der Waals surface area contributed by atoms with Gasteiger partial charge < -0.3 is 15.0 Å². The predicted octanol–water partition coefficient (Wildman–Crippen LogP) is 3.27. The van der Waals surface area contributed by atoms with E-state index in [0.717, 1.165) is 12.0 Å². The maximum atomic E-state index is 12.8. The molecule has 1 fully saturated rings. The summed E-state index contributed by atoms with van der Waals surface area (Å²) in [6.07, 6.45) is 1.48.